The van der Waals surface area contributed by atoms with E-state index in [-0.39, 0.29) is 11.8 Å². The first-order valence-corrected chi connectivity index (χ1v) is 8.54. The molecule has 1 saturated carbocycles. The van der Waals surface area contributed by atoms with Crippen LogP contribution in [-0.2, 0) is 6.42 Å². The largest absolute Gasteiger partial charge is 0.481 e. The molecule has 3 rings (SSSR count). The van der Waals surface area contributed by atoms with Crippen molar-refractivity contribution in [2.45, 2.75) is 38.6 Å². The van der Waals surface area contributed by atoms with Crippen molar-refractivity contribution in [1.29, 1.82) is 0 Å². The average Bonchev–Trinajstić information content (AvgIpc) is 2.93. The van der Waals surface area contributed by atoms with Crippen LogP contribution in [-0.4, -0.2) is 41.2 Å². The van der Waals surface area contributed by atoms with Crippen LogP contribution in [0.15, 0.2) is 18.3 Å². The lowest BCUT2D eigenvalue weighted by molar-refractivity contribution is 0.0950. The molecule has 25 heavy (non-hydrogen) atoms. The number of aromatic nitrogens is 3. The summed E-state index contributed by atoms with van der Waals surface area (Å²) in [7, 11) is 3.00. The van der Waals surface area contributed by atoms with Gasteiger partial charge < -0.3 is 19.4 Å². The number of hydrogen-bond acceptors (Lipinski definition) is 5. The van der Waals surface area contributed by atoms with Crippen LogP contribution in [0.5, 0.6) is 11.8 Å². The van der Waals surface area contributed by atoms with Gasteiger partial charge in [-0.05, 0) is 32.3 Å². The molecule has 2 aromatic heterocycles. The van der Waals surface area contributed by atoms with Gasteiger partial charge in [-0.15, -0.1) is 0 Å². The number of carbonyl (C=O) groups is 1. The predicted molar refractivity (Wildman–Crippen MR) is 93.2 cm³/mol. The molecular formula is C18H24N4O3. The van der Waals surface area contributed by atoms with Gasteiger partial charge in [-0.25, -0.2) is 4.98 Å². The fraction of sp³-hybridized carbons (Fsp3) is 0.500. The molecule has 0 aromatic carbocycles. The molecule has 0 atom stereocenters. The molecule has 1 aliphatic rings. The highest BCUT2D eigenvalue weighted by Crippen LogP contribution is 2.33. The van der Waals surface area contributed by atoms with Gasteiger partial charge >= 0.3 is 0 Å². The van der Waals surface area contributed by atoms with E-state index in [2.05, 4.69) is 26.8 Å². The van der Waals surface area contributed by atoms with Crippen molar-refractivity contribution in [3.05, 3.63) is 35.4 Å². The van der Waals surface area contributed by atoms with Crippen LogP contribution in [0.4, 0.5) is 0 Å². The van der Waals surface area contributed by atoms with Crippen LogP contribution in [0.1, 0.15) is 47.2 Å². The molecule has 1 N–H and O–H groups in total. The van der Waals surface area contributed by atoms with Crippen LogP contribution in [0.2, 0.25) is 0 Å². The lowest BCUT2D eigenvalue weighted by atomic mass is 9.92. The van der Waals surface area contributed by atoms with E-state index in [0.717, 1.165) is 5.82 Å². The van der Waals surface area contributed by atoms with Gasteiger partial charge in [0.1, 0.15) is 11.4 Å². The number of nitrogens with zero attached hydrogens (tertiary/aromatic N) is 3. The fourth-order valence-corrected chi connectivity index (χ4v) is 3.07. The molecular weight excluding hydrogens is 320 g/mol. The quantitative estimate of drug-likeness (QED) is 0.834. The molecule has 0 aliphatic heterocycles. The molecule has 2 heterocycles. The van der Waals surface area contributed by atoms with Crippen molar-refractivity contribution >= 4 is 5.91 Å². The van der Waals surface area contributed by atoms with Crippen LogP contribution in [0.25, 0.3) is 0 Å². The summed E-state index contributed by atoms with van der Waals surface area (Å²) in [6.07, 6.45) is 6.31. The summed E-state index contributed by atoms with van der Waals surface area (Å²) in [6, 6.07) is 3.86. The minimum absolute atomic E-state index is 0.217. The molecule has 1 aliphatic carbocycles. The van der Waals surface area contributed by atoms with Crippen LogP contribution in [0.3, 0.4) is 0 Å². The van der Waals surface area contributed by atoms with E-state index in [1.54, 1.807) is 12.1 Å². The number of ether oxygens (including phenoxy) is 2. The first kappa shape index (κ1) is 17.3. The zero-order chi connectivity index (χ0) is 17.8. The van der Waals surface area contributed by atoms with Gasteiger partial charge in [-0.3, -0.25) is 4.79 Å². The van der Waals surface area contributed by atoms with Gasteiger partial charge in [0.05, 0.1) is 14.2 Å². The topological polar surface area (TPSA) is 78.3 Å². The Morgan fingerprint density at radius 1 is 1.32 bits per heavy atom. The van der Waals surface area contributed by atoms with Gasteiger partial charge in [0.15, 0.2) is 0 Å². The molecule has 134 valence electrons. The third-order valence-electron chi connectivity index (χ3n) is 4.61. The minimum Gasteiger partial charge on any atom is -0.481 e. The summed E-state index contributed by atoms with van der Waals surface area (Å²) in [5.41, 5.74) is 1.58. The minimum atomic E-state index is -0.217. The SMILES string of the molecule is COc1ccc(C(=O)NCCc2ncc(C)n2C2CCC2)c(OC)n1. The first-order chi connectivity index (χ1) is 12.1. The van der Waals surface area contributed by atoms with Crippen LogP contribution < -0.4 is 14.8 Å². The summed E-state index contributed by atoms with van der Waals surface area (Å²) in [5, 5.41) is 2.92. The van der Waals surface area contributed by atoms with Crippen LogP contribution in [0, 0.1) is 6.92 Å². The average molecular weight is 344 g/mol. The Kier molecular flexibility index (Phi) is 5.21. The second kappa shape index (κ2) is 7.55. The smallest absolute Gasteiger partial charge is 0.256 e. The standard InChI is InChI=1S/C18H24N4O3/c1-12-11-20-15(22(12)13-5-4-6-13)9-10-19-17(23)14-7-8-16(24-2)21-18(14)25-3/h7-8,11,13H,4-6,9-10H2,1-3H3,(H,19,23). The van der Waals surface area contributed by atoms with E-state index < -0.39 is 0 Å². The molecule has 7 nitrogen and oxygen atoms in total. The monoisotopic (exact) mass is 344 g/mol. The summed E-state index contributed by atoms with van der Waals surface area (Å²) in [5.74, 6) is 1.47. The van der Waals surface area contributed by atoms with Crippen molar-refractivity contribution in [3.8, 4) is 11.8 Å². The molecule has 1 amide bonds. The highest BCUT2D eigenvalue weighted by molar-refractivity contribution is 5.96. The van der Waals surface area contributed by atoms with E-state index in [1.165, 1.54) is 39.2 Å². The van der Waals surface area contributed by atoms with Crippen LogP contribution >= 0.6 is 0 Å². The highest BCUT2D eigenvalue weighted by atomic mass is 16.5. The number of amides is 1. The Morgan fingerprint density at radius 3 is 2.76 bits per heavy atom. The zero-order valence-electron chi connectivity index (χ0n) is 14.9. The number of aryl methyl sites for hydroxylation is 1. The Balaban J connectivity index is 1.62. The highest BCUT2D eigenvalue weighted by Gasteiger charge is 2.23. The summed E-state index contributed by atoms with van der Waals surface area (Å²) in [6.45, 7) is 2.60. The third-order valence-corrected chi connectivity index (χ3v) is 4.61. The predicted octanol–water partition coefficient (Wildman–Crippen LogP) is 2.30. The molecule has 2 aromatic rings. The van der Waals surface area contributed by atoms with E-state index in [4.69, 9.17) is 9.47 Å². The lowest BCUT2D eigenvalue weighted by Gasteiger charge is -2.29. The number of pyridine rings is 1. The van der Waals surface area contributed by atoms with E-state index in [9.17, 15) is 4.79 Å². The zero-order valence-corrected chi connectivity index (χ0v) is 14.9. The number of methoxy groups -OCH3 is 2. The molecule has 0 unspecified atom stereocenters. The Labute approximate surface area is 147 Å². The van der Waals surface area contributed by atoms with Crippen molar-refractivity contribution < 1.29 is 14.3 Å². The summed E-state index contributed by atoms with van der Waals surface area (Å²) >= 11 is 0. The number of hydrogen-bond donors (Lipinski definition) is 1. The number of imidazole rings is 1. The number of rotatable bonds is 7. The van der Waals surface area contributed by atoms with Gasteiger partial charge in [0.25, 0.3) is 5.91 Å². The van der Waals surface area contributed by atoms with E-state index in [1.807, 2.05) is 6.20 Å². The maximum absolute atomic E-state index is 12.4. The van der Waals surface area contributed by atoms with E-state index in [0.29, 0.717) is 30.5 Å². The van der Waals surface area contributed by atoms with Gasteiger partial charge in [0.2, 0.25) is 11.8 Å². The summed E-state index contributed by atoms with van der Waals surface area (Å²) < 4.78 is 12.5. The summed E-state index contributed by atoms with van der Waals surface area (Å²) in [4.78, 5) is 21.0. The van der Waals surface area contributed by atoms with Crippen molar-refractivity contribution in [1.82, 2.24) is 19.9 Å². The second-order valence-electron chi connectivity index (χ2n) is 6.19. The van der Waals surface area contributed by atoms with Crippen molar-refractivity contribution in [2.75, 3.05) is 20.8 Å². The van der Waals surface area contributed by atoms with Crippen molar-refractivity contribution in [3.63, 3.8) is 0 Å². The lowest BCUT2D eigenvalue weighted by Crippen LogP contribution is -2.28. The normalized spacial score (nSPS) is 14.0. The number of carbonyl (C=O) groups excluding carboxylic acids is 1. The van der Waals surface area contributed by atoms with Gasteiger partial charge in [-0.1, -0.05) is 0 Å². The van der Waals surface area contributed by atoms with Gasteiger partial charge in [-0.2, -0.15) is 4.98 Å². The molecule has 1 fully saturated rings. The maximum atomic E-state index is 12.4. The molecule has 0 spiro atoms. The molecule has 7 heteroatoms. The van der Waals surface area contributed by atoms with E-state index >= 15 is 0 Å². The number of nitrogens with one attached hydrogen (secondary N) is 1. The third kappa shape index (κ3) is 3.60. The molecule has 0 saturated heterocycles. The Bertz CT molecular complexity index is 753. The van der Waals surface area contributed by atoms with Gasteiger partial charge in [0, 0.05) is 37.0 Å². The second-order valence-corrected chi connectivity index (χ2v) is 6.19. The Morgan fingerprint density at radius 2 is 2.12 bits per heavy atom. The fourth-order valence-electron chi connectivity index (χ4n) is 3.07. The molecule has 0 bridgehead atoms. The first-order valence-electron chi connectivity index (χ1n) is 8.54. The van der Waals surface area contributed by atoms with Crippen molar-refractivity contribution in [2.24, 2.45) is 0 Å². The maximum Gasteiger partial charge on any atom is 0.256 e. The molecule has 0 radical (unpaired) electrons. The Hall–Kier alpha value is -2.57.